The Morgan fingerprint density at radius 1 is 1.10 bits per heavy atom. The number of benzene rings is 3. The molecule has 1 fully saturated rings. The maximum absolute atomic E-state index is 14.0. The summed E-state index contributed by atoms with van der Waals surface area (Å²) >= 11 is 0. The van der Waals surface area contributed by atoms with Crippen LogP contribution >= 0.6 is 0 Å². The van der Waals surface area contributed by atoms with Crippen molar-refractivity contribution < 1.29 is 26.8 Å². The molecular formula is C31H31FN2O5S. The second-order valence-corrected chi connectivity index (χ2v) is 11.8. The maximum Gasteiger partial charge on any atom is 0.255 e. The topological polar surface area (TPSA) is 97.6 Å². The third-order valence-electron chi connectivity index (χ3n) is 6.83. The van der Waals surface area contributed by atoms with Crippen molar-refractivity contribution >= 4 is 32.6 Å². The minimum Gasteiger partial charge on any atom is -0.455 e. The summed E-state index contributed by atoms with van der Waals surface area (Å²) in [6.45, 7) is 4.66. The minimum absolute atomic E-state index is 0.154. The summed E-state index contributed by atoms with van der Waals surface area (Å²) in [6.07, 6.45) is 2.08. The Bertz CT molecular complexity index is 1660. The molecule has 5 rings (SSSR count). The molecule has 1 amide bonds. The number of nitrogens with one attached hydrogen (secondary N) is 2. The summed E-state index contributed by atoms with van der Waals surface area (Å²) in [7, 11) is -2.21. The first-order valence-corrected chi connectivity index (χ1v) is 14.8. The molecule has 1 aliphatic rings. The summed E-state index contributed by atoms with van der Waals surface area (Å²) in [5.74, 6) is -0.587. The molecular weight excluding hydrogens is 531 g/mol. The fraction of sp³-hybridized carbons (Fsp3) is 0.258. The number of halogens is 1. The monoisotopic (exact) mass is 562 g/mol. The largest absolute Gasteiger partial charge is 0.455 e. The van der Waals surface area contributed by atoms with Gasteiger partial charge < -0.3 is 14.5 Å². The van der Waals surface area contributed by atoms with Crippen molar-refractivity contribution in [3.63, 3.8) is 0 Å². The van der Waals surface area contributed by atoms with Gasteiger partial charge in [-0.15, -0.1) is 0 Å². The van der Waals surface area contributed by atoms with E-state index in [0.29, 0.717) is 34.4 Å². The number of carbonyl (C=O) groups excluding carboxylic acids is 1. The number of hydrogen-bond acceptors (Lipinski definition) is 5. The van der Waals surface area contributed by atoms with Crippen LogP contribution in [-0.4, -0.2) is 33.7 Å². The van der Waals surface area contributed by atoms with Gasteiger partial charge in [0.15, 0.2) is 0 Å². The van der Waals surface area contributed by atoms with Crippen LogP contribution in [0.4, 0.5) is 10.1 Å². The third kappa shape index (κ3) is 6.43. The molecule has 0 aliphatic heterocycles. The number of rotatable bonds is 12. The summed E-state index contributed by atoms with van der Waals surface area (Å²) in [4.78, 5) is 12.9. The average Bonchev–Trinajstić information content (AvgIpc) is 3.72. The Labute approximate surface area is 233 Å². The molecule has 40 heavy (non-hydrogen) atoms. The fourth-order valence-electron chi connectivity index (χ4n) is 4.62. The zero-order valence-corrected chi connectivity index (χ0v) is 23.0. The van der Waals surface area contributed by atoms with Crippen LogP contribution in [-0.2, 0) is 21.4 Å². The van der Waals surface area contributed by atoms with E-state index in [2.05, 4.69) is 16.6 Å². The Morgan fingerprint density at radius 3 is 2.58 bits per heavy atom. The molecule has 0 saturated heterocycles. The molecule has 3 aromatic carbocycles. The molecule has 0 spiro atoms. The highest BCUT2D eigenvalue weighted by atomic mass is 32.2. The van der Waals surface area contributed by atoms with Crippen molar-refractivity contribution in [2.45, 2.75) is 31.8 Å². The second kappa shape index (κ2) is 11.7. The van der Waals surface area contributed by atoms with E-state index in [1.54, 1.807) is 18.2 Å². The molecule has 2 N–H and O–H groups in total. The fourth-order valence-corrected chi connectivity index (χ4v) is 5.79. The van der Waals surface area contributed by atoms with Crippen LogP contribution in [0.5, 0.6) is 0 Å². The SMILES string of the molecule is C=C(CCS(=O)(=O)Nc1cc2oc(-c3cccc(F)c3)c(C(=O)NC)c2cc1C1CC1)COCc1ccccc1. The molecule has 208 valence electrons. The van der Waals surface area contributed by atoms with Crippen LogP contribution in [0, 0.1) is 5.82 Å². The number of fused-ring (bicyclic) bond motifs is 1. The van der Waals surface area contributed by atoms with E-state index in [-0.39, 0.29) is 41.9 Å². The number of ether oxygens (including phenoxy) is 1. The van der Waals surface area contributed by atoms with E-state index in [4.69, 9.17) is 9.15 Å². The molecule has 4 aromatic rings. The third-order valence-corrected chi connectivity index (χ3v) is 8.10. The lowest BCUT2D eigenvalue weighted by Crippen LogP contribution is -2.19. The van der Waals surface area contributed by atoms with Gasteiger partial charge in [-0.2, -0.15) is 0 Å². The van der Waals surface area contributed by atoms with Crippen LogP contribution in [0.3, 0.4) is 0 Å². The normalized spacial score (nSPS) is 13.3. The molecule has 7 nitrogen and oxygen atoms in total. The zero-order valence-electron chi connectivity index (χ0n) is 22.2. The van der Waals surface area contributed by atoms with Crippen LogP contribution in [0.2, 0.25) is 0 Å². The second-order valence-electron chi connectivity index (χ2n) is 10.0. The Hall–Kier alpha value is -3.95. The van der Waals surface area contributed by atoms with Gasteiger partial charge in [-0.3, -0.25) is 9.52 Å². The van der Waals surface area contributed by atoms with Gasteiger partial charge in [0.05, 0.1) is 30.2 Å². The molecule has 0 radical (unpaired) electrons. The summed E-state index contributed by atoms with van der Waals surface area (Å²) in [5.41, 5.74) is 3.97. The first-order chi connectivity index (χ1) is 19.2. The lowest BCUT2D eigenvalue weighted by Gasteiger charge is -2.14. The van der Waals surface area contributed by atoms with Crippen molar-refractivity contribution in [3.8, 4) is 11.3 Å². The highest BCUT2D eigenvalue weighted by Gasteiger charge is 2.31. The van der Waals surface area contributed by atoms with Crippen molar-refractivity contribution in [3.05, 3.63) is 101 Å². The molecule has 1 aromatic heterocycles. The van der Waals surface area contributed by atoms with Crippen molar-refractivity contribution in [1.29, 1.82) is 0 Å². The number of carbonyl (C=O) groups is 1. The van der Waals surface area contributed by atoms with E-state index in [9.17, 15) is 17.6 Å². The molecule has 9 heteroatoms. The van der Waals surface area contributed by atoms with Gasteiger partial charge >= 0.3 is 0 Å². The van der Waals surface area contributed by atoms with Crippen LogP contribution in [0.15, 0.2) is 83.3 Å². The number of hydrogen-bond donors (Lipinski definition) is 2. The maximum atomic E-state index is 14.0. The summed E-state index contributed by atoms with van der Waals surface area (Å²) in [5, 5.41) is 3.18. The van der Waals surface area contributed by atoms with E-state index in [0.717, 1.165) is 24.0 Å². The van der Waals surface area contributed by atoms with Crippen molar-refractivity contribution in [2.75, 3.05) is 24.1 Å². The standard InChI is InChI=1S/C31H31FN2O5S/c1-20(18-38-19-21-7-4-3-5-8-21)13-14-40(36,37)34-27-17-28-26(16-25(27)22-11-12-22)29(31(35)33-2)30(39-28)23-9-6-10-24(32)15-23/h3-10,15-17,22,34H,1,11-14,18-19H2,2H3,(H,33,35). The highest BCUT2D eigenvalue weighted by molar-refractivity contribution is 7.92. The van der Waals surface area contributed by atoms with Gasteiger partial charge in [0.25, 0.3) is 5.91 Å². The van der Waals surface area contributed by atoms with E-state index >= 15 is 0 Å². The first-order valence-electron chi connectivity index (χ1n) is 13.1. The average molecular weight is 563 g/mol. The molecule has 1 aliphatic carbocycles. The predicted octanol–water partition coefficient (Wildman–Crippen LogP) is 6.38. The van der Waals surface area contributed by atoms with Gasteiger partial charge in [0.2, 0.25) is 10.0 Å². The Kier molecular flexibility index (Phi) is 8.04. The molecule has 1 saturated carbocycles. The van der Waals surface area contributed by atoms with E-state index < -0.39 is 15.8 Å². The van der Waals surface area contributed by atoms with Crippen LogP contribution in [0.1, 0.15) is 46.7 Å². The van der Waals surface area contributed by atoms with Gasteiger partial charge in [0.1, 0.15) is 17.2 Å². The lowest BCUT2D eigenvalue weighted by molar-refractivity contribution is 0.0964. The van der Waals surface area contributed by atoms with Crippen LogP contribution in [0.25, 0.3) is 22.3 Å². The smallest absolute Gasteiger partial charge is 0.255 e. The van der Waals surface area contributed by atoms with Gasteiger partial charge in [-0.05, 0) is 54.5 Å². The van der Waals surface area contributed by atoms with Crippen LogP contribution < -0.4 is 10.0 Å². The minimum atomic E-state index is -3.72. The predicted molar refractivity (Wildman–Crippen MR) is 154 cm³/mol. The van der Waals surface area contributed by atoms with Gasteiger partial charge in [0, 0.05) is 24.1 Å². The van der Waals surface area contributed by atoms with Gasteiger partial charge in [-0.25, -0.2) is 12.8 Å². The molecule has 0 bridgehead atoms. The number of amides is 1. The number of anilines is 1. The lowest BCUT2D eigenvalue weighted by atomic mass is 10.0. The Balaban J connectivity index is 1.36. The summed E-state index contributed by atoms with van der Waals surface area (Å²) in [6, 6.07) is 19.0. The molecule has 0 unspecified atom stereocenters. The van der Waals surface area contributed by atoms with E-state index in [1.807, 2.05) is 36.4 Å². The zero-order chi connectivity index (χ0) is 28.3. The highest BCUT2D eigenvalue weighted by Crippen LogP contribution is 2.47. The van der Waals surface area contributed by atoms with E-state index in [1.165, 1.54) is 19.2 Å². The van der Waals surface area contributed by atoms with Crippen molar-refractivity contribution in [2.24, 2.45) is 0 Å². The molecule has 0 atom stereocenters. The quantitative estimate of drug-likeness (QED) is 0.195. The van der Waals surface area contributed by atoms with Gasteiger partial charge in [-0.1, -0.05) is 54.6 Å². The Morgan fingerprint density at radius 2 is 1.88 bits per heavy atom. The summed E-state index contributed by atoms with van der Waals surface area (Å²) < 4.78 is 54.6. The number of furan rings is 1. The number of sulfonamides is 1. The first kappa shape index (κ1) is 27.6. The molecule has 1 heterocycles. The van der Waals surface area contributed by atoms with Crippen molar-refractivity contribution in [1.82, 2.24) is 5.32 Å².